The highest BCUT2D eigenvalue weighted by atomic mass is 19.4. The second kappa shape index (κ2) is 6.96. The second-order valence-corrected chi connectivity index (χ2v) is 4.33. The van der Waals surface area contributed by atoms with Crippen molar-refractivity contribution in [3.8, 4) is 0 Å². The molecule has 1 aromatic rings. The Labute approximate surface area is 119 Å². The lowest BCUT2D eigenvalue weighted by Gasteiger charge is -2.14. The van der Waals surface area contributed by atoms with Gasteiger partial charge in [-0.25, -0.2) is 0 Å². The van der Waals surface area contributed by atoms with E-state index in [9.17, 15) is 22.8 Å². The van der Waals surface area contributed by atoms with Crippen LogP contribution in [-0.4, -0.2) is 25.4 Å². The maximum atomic E-state index is 12.9. The van der Waals surface area contributed by atoms with Crippen LogP contribution in [0.5, 0.6) is 0 Å². The molecule has 0 radical (unpaired) electrons. The van der Waals surface area contributed by atoms with Crippen LogP contribution in [0.25, 0.3) is 0 Å². The fraction of sp³-hybridized carbons (Fsp3) is 0.385. The molecule has 0 aliphatic rings. The minimum atomic E-state index is -4.55. The number of nitrogens with one attached hydrogen (secondary N) is 2. The summed E-state index contributed by atoms with van der Waals surface area (Å²) >= 11 is 0. The van der Waals surface area contributed by atoms with E-state index in [1.165, 1.54) is 19.2 Å². The number of halogens is 3. The first kappa shape index (κ1) is 16.8. The Morgan fingerprint density at radius 1 is 1.29 bits per heavy atom. The molecule has 1 rings (SSSR count). The average Bonchev–Trinajstić information content (AvgIpc) is 2.41. The fourth-order valence-corrected chi connectivity index (χ4v) is 1.70. The Kier molecular flexibility index (Phi) is 5.57. The molecule has 0 unspecified atom stereocenters. The third-order valence-corrected chi connectivity index (χ3v) is 2.74. The third-order valence-electron chi connectivity index (χ3n) is 2.74. The SMILES string of the molecule is CNc1ccc(C(=O)NCCCC(N)=O)cc1C(F)(F)F. The van der Waals surface area contributed by atoms with Crippen LogP contribution in [0.2, 0.25) is 0 Å². The van der Waals surface area contributed by atoms with Crippen molar-refractivity contribution < 1.29 is 22.8 Å². The van der Waals surface area contributed by atoms with Crippen LogP contribution in [0.3, 0.4) is 0 Å². The molecular weight excluding hydrogens is 287 g/mol. The molecule has 0 saturated heterocycles. The van der Waals surface area contributed by atoms with E-state index >= 15 is 0 Å². The monoisotopic (exact) mass is 303 g/mol. The number of amides is 2. The zero-order valence-corrected chi connectivity index (χ0v) is 11.4. The number of primary amides is 1. The number of carbonyl (C=O) groups excluding carboxylic acids is 2. The summed E-state index contributed by atoms with van der Waals surface area (Å²) in [6.07, 6.45) is -4.12. The van der Waals surface area contributed by atoms with Gasteiger partial charge in [-0.15, -0.1) is 0 Å². The average molecular weight is 303 g/mol. The van der Waals surface area contributed by atoms with Gasteiger partial charge < -0.3 is 16.4 Å². The van der Waals surface area contributed by atoms with E-state index in [2.05, 4.69) is 10.6 Å². The van der Waals surface area contributed by atoms with Crippen molar-refractivity contribution in [2.24, 2.45) is 5.73 Å². The van der Waals surface area contributed by atoms with Crippen LogP contribution in [0, 0.1) is 0 Å². The van der Waals surface area contributed by atoms with Gasteiger partial charge in [0.05, 0.1) is 5.56 Å². The van der Waals surface area contributed by atoms with Crippen molar-refractivity contribution in [2.45, 2.75) is 19.0 Å². The molecule has 4 N–H and O–H groups in total. The highest BCUT2D eigenvalue weighted by Crippen LogP contribution is 2.35. The zero-order chi connectivity index (χ0) is 16.0. The van der Waals surface area contributed by atoms with Gasteiger partial charge in [-0.2, -0.15) is 13.2 Å². The molecule has 0 aliphatic heterocycles. The molecule has 2 amide bonds. The molecule has 21 heavy (non-hydrogen) atoms. The number of hydrogen-bond acceptors (Lipinski definition) is 3. The Balaban J connectivity index is 2.79. The molecule has 0 spiro atoms. The van der Waals surface area contributed by atoms with Gasteiger partial charge in [0, 0.05) is 31.3 Å². The predicted molar refractivity (Wildman–Crippen MR) is 71.8 cm³/mol. The quantitative estimate of drug-likeness (QED) is 0.700. The summed E-state index contributed by atoms with van der Waals surface area (Å²) < 4.78 is 38.6. The van der Waals surface area contributed by atoms with Gasteiger partial charge >= 0.3 is 6.18 Å². The number of rotatable bonds is 6. The largest absolute Gasteiger partial charge is 0.418 e. The Morgan fingerprint density at radius 2 is 1.95 bits per heavy atom. The molecule has 0 bridgehead atoms. The van der Waals surface area contributed by atoms with Gasteiger partial charge in [0.15, 0.2) is 0 Å². The number of nitrogens with two attached hydrogens (primary N) is 1. The summed E-state index contributed by atoms with van der Waals surface area (Å²) in [5.41, 5.74) is 3.83. The second-order valence-electron chi connectivity index (χ2n) is 4.33. The molecule has 0 aromatic heterocycles. The Morgan fingerprint density at radius 3 is 2.48 bits per heavy atom. The third kappa shape index (κ3) is 4.97. The Hall–Kier alpha value is -2.25. The van der Waals surface area contributed by atoms with E-state index in [1.54, 1.807) is 0 Å². The summed E-state index contributed by atoms with van der Waals surface area (Å²) in [7, 11) is 1.37. The van der Waals surface area contributed by atoms with Crippen molar-refractivity contribution >= 4 is 17.5 Å². The molecule has 0 aliphatic carbocycles. The summed E-state index contributed by atoms with van der Waals surface area (Å²) in [5, 5.41) is 4.87. The minimum Gasteiger partial charge on any atom is -0.388 e. The standard InChI is InChI=1S/C13H16F3N3O2/c1-18-10-5-4-8(7-9(10)13(14,15)16)12(21)19-6-2-3-11(17)20/h4-5,7,18H,2-3,6H2,1H3,(H2,17,20)(H,19,21). The normalized spacial score (nSPS) is 11.0. The lowest BCUT2D eigenvalue weighted by atomic mass is 10.1. The van der Waals surface area contributed by atoms with Gasteiger partial charge in [0.25, 0.3) is 5.91 Å². The molecule has 8 heteroatoms. The maximum Gasteiger partial charge on any atom is 0.418 e. The van der Waals surface area contributed by atoms with E-state index in [4.69, 9.17) is 5.73 Å². The maximum absolute atomic E-state index is 12.9. The van der Waals surface area contributed by atoms with Crippen molar-refractivity contribution in [1.29, 1.82) is 0 Å². The van der Waals surface area contributed by atoms with E-state index in [0.29, 0.717) is 6.42 Å². The van der Waals surface area contributed by atoms with E-state index < -0.39 is 23.6 Å². The molecule has 1 aromatic carbocycles. The van der Waals surface area contributed by atoms with Crippen LogP contribution in [0.4, 0.5) is 18.9 Å². The molecule has 0 heterocycles. The van der Waals surface area contributed by atoms with Crippen molar-refractivity contribution in [3.05, 3.63) is 29.3 Å². The topological polar surface area (TPSA) is 84.2 Å². The van der Waals surface area contributed by atoms with Crippen LogP contribution in [0.15, 0.2) is 18.2 Å². The smallest absolute Gasteiger partial charge is 0.388 e. The number of anilines is 1. The lowest BCUT2D eigenvalue weighted by molar-refractivity contribution is -0.137. The fourth-order valence-electron chi connectivity index (χ4n) is 1.70. The highest BCUT2D eigenvalue weighted by molar-refractivity contribution is 5.95. The first-order valence-electron chi connectivity index (χ1n) is 6.21. The van der Waals surface area contributed by atoms with E-state index in [-0.39, 0.29) is 24.2 Å². The first-order chi connectivity index (χ1) is 9.75. The number of benzene rings is 1. The molecular formula is C13H16F3N3O2. The van der Waals surface area contributed by atoms with Crippen molar-refractivity contribution in [2.75, 3.05) is 18.9 Å². The lowest BCUT2D eigenvalue weighted by Crippen LogP contribution is -2.26. The van der Waals surface area contributed by atoms with Crippen LogP contribution in [0.1, 0.15) is 28.8 Å². The van der Waals surface area contributed by atoms with Gasteiger partial charge in [-0.1, -0.05) is 0 Å². The molecule has 116 valence electrons. The number of hydrogen-bond donors (Lipinski definition) is 3. The van der Waals surface area contributed by atoms with Gasteiger partial charge in [-0.3, -0.25) is 9.59 Å². The Bertz CT molecular complexity index is 530. The van der Waals surface area contributed by atoms with Gasteiger partial charge in [-0.05, 0) is 24.6 Å². The predicted octanol–water partition coefficient (Wildman–Crippen LogP) is 1.74. The van der Waals surface area contributed by atoms with Crippen LogP contribution in [-0.2, 0) is 11.0 Å². The number of alkyl halides is 3. The van der Waals surface area contributed by atoms with Crippen LogP contribution < -0.4 is 16.4 Å². The van der Waals surface area contributed by atoms with Gasteiger partial charge in [0.2, 0.25) is 5.91 Å². The highest BCUT2D eigenvalue weighted by Gasteiger charge is 2.34. The van der Waals surface area contributed by atoms with E-state index in [1.807, 2.05) is 0 Å². The van der Waals surface area contributed by atoms with E-state index in [0.717, 1.165) is 6.07 Å². The summed E-state index contributed by atoms with van der Waals surface area (Å²) in [5.74, 6) is -1.13. The molecule has 5 nitrogen and oxygen atoms in total. The van der Waals surface area contributed by atoms with Gasteiger partial charge in [0.1, 0.15) is 0 Å². The number of carbonyl (C=O) groups is 2. The van der Waals surface area contributed by atoms with Crippen molar-refractivity contribution in [1.82, 2.24) is 5.32 Å². The minimum absolute atomic E-state index is 0.0969. The summed E-state index contributed by atoms with van der Waals surface area (Å²) in [6.45, 7) is 0.164. The first-order valence-corrected chi connectivity index (χ1v) is 6.21. The van der Waals surface area contributed by atoms with Crippen molar-refractivity contribution in [3.63, 3.8) is 0 Å². The zero-order valence-electron chi connectivity index (χ0n) is 11.4. The summed E-state index contributed by atoms with van der Waals surface area (Å²) in [6, 6.07) is 3.28. The summed E-state index contributed by atoms with van der Waals surface area (Å²) in [4.78, 5) is 22.3. The molecule has 0 atom stereocenters. The van der Waals surface area contributed by atoms with Crippen LogP contribution >= 0.6 is 0 Å². The molecule has 0 saturated carbocycles. The molecule has 0 fully saturated rings.